The first-order chi connectivity index (χ1) is 8.08. The van der Waals surface area contributed by atoms with Crippen molar-refractivity contribution >= 4 is 5.91 Å². The lowest BCUT2D eigenvalue weighted by atomic mass is 10.1. The van der Waals surface area contributed by atoms with Gasteiger partial charge in [-0.25, -0.2) is 4.98 Å². The first-order valence-electron chi connectivity index (χ1n) is 5.91. The number of nitrogens with zero attached hydrogens (tertiary/aromatic N) is 2. The summed E-state index contributed by atoms with van der Waals surface area (Å²) in [4.78, 5) is 15.9. The number of aliphatic hydroxyl groups excluding tert-OH is 1. The van der Waals surface area contributed by atoms with Crippen LogP contribution >= 0.6 is 0 Å². The Morgan fingerprint density at radius 3 is 2.76 bits per heavy atom. The summed E-state index contributed by atoms with van der Waals surface area (Å²) in [5.74, 6) is 0.657. The minimum absolute atomic E-state index is 0.0877. The molecule has 0 aliphatic rings. The van der Waals surface area contributed by atoms with Crippen LogP contribution in [0.3, 0.4) is 0 Å². The lowest BCUT2D eigenvalue weighted by molar-refractivity contribution is 0.0886. The molecular weight excluding hydrogens is 220 g/mol. The second kappa shape index (κ2) is 6.34. The quantitative estimate of drug-likeness (QED) is 0.675. The fourth-order valence-corrected chi connectivity index (χ4v) is 1.40. The van der Waals surface area contributed by atoms with Gasteiger partial charge in [-0.1, -0.05) is 20.8 Å². The minimum atomic E-state index is -0.351. The van der Waals surface area contributed by atoms with Gasteiger partial charge in [-0.05, 0) is 12.3 Å². The molecule has 0 aliphatic carbocycles. The summed E-state index contributed by atoms with van der Waals surface area (Å²) in [7, 11) is 0. The molecule has 0 radical (unpaired) electrons. The van der Waals surface area contributed by atoms with Crippen LogP contribution in [0.5, 0.6) is 0 Å². The molecule has 1 amide bonds. The van der Waals surface area contributed by atoms with Crippen molar-refractivity contribution in [3.63, 3.8) is 0 Å². The number of hydrogen-bond acceptors (Lipinski definition) is 4. The Bertz CT molecular complexity index is 362. The SMILES string of the molecule is CCCc1nc(C(=O)NC(CO)C(C)C)n[nH]1. The highest BCUT2D eigenvalue weighted by molar-refractivity contribution is 5.90. The molecule has 0 fully saturated rings. The maximum Gasteiger partial charge on any atom is 0.291 e. The maximum absolute atomic E-state index is 11.8. The number of aromatic nitrogens is 3. The molecule has 1 aromatic rings. The van der Waals surface area contributed by atoms with Crippen LogP contribution in [0.2, 0.25) is 0 Å². The van der Waals surface area contributed by atoms with E-state index in [4.69, 9.17) is 5.11 Å². The van der Waals surface area contributed by atoms with Crippen molar-refractivity contribution in [1.82, 2.24) is 20.5 Å². The molecule has 0 spiro atoms. The van der Waals surface area contributed by atoms with Gasteiger partial charge in [0.2, 0.25) is 5.82 Å². The van der Waals surface area contributed by atoms with Crippen LogP contribution in [-0.4, -0.2) is 38.8 Å². The third-order valence-corrected chi connectivity index (χ3v) is 2.54. The van der Waals surface area contributed by atoms with Gasteiger partial charge in [-0.15, -0.1) is 5.10 Å². The lowest BCUT2D eigenvalue weighted by Gasteiger charge is -2.18. The van der Waals surface area contributed by atoms with Crippen LogP contribution in [0.25, 0.3) is 0 Å². The monoisotopic (exact) mass is 240 g/mol. The largest absolute Gasteiger partial charge is 0.394 e. The number of carbonyl (C=O) groups excluding carboxylic acids is 1. The van der Waals surface area contributed by atoms with Crippen LogP contribution in [-0.2, 0) is 6.42 Å². The van der Waals surface area contributed by atoms with E-state index in [2.05, 4.69) is 20.5 Å². The van der Waals surface area contributed by atoms with Crippen LogP contribution in [0.1, 0.15) is 43.6 Å². The highest BCUT2D eigenvalue weighted by atomic mass is 16.3. The van der Waals surface area contributed by atoms with E-state index < -0.39 is 0 Å². The Labute approximate surface area is 101 Å². The minimum Gasteiger partial charge on any atom is -0.394 e. The molecule has 6 heteroatoms. The van der Waals surface area contributed by atoms with Crippen molar-refractivity contribution in [1.29, 1.82) is 0 Å². The molecule has 0 aromatic carbocycles. The van der Waals surface area contributed by atoms with Crippen LogP contribution in [0.4, 0.5) is 0 Å². The molecule has 1 aromatic heterocycles. The number of amides is 1. The van der Waals surface area contributed by atoms with Crippen LogP contribution in [0.15, 0.2) is 0 Å². The third-order valence-electron chi connectivity index (χ3n) is 2.54. The fraction of sp³-hybridized carbons (Fsp3) is 0.727. The summed E-state index contributed by atoms with van der Waals surface area (Å²) >= 11 is 0. The molecular formula is C11H20N4O2. The van der Waals surface area contributed by atoms with Gasteiger partial charge in [0.15, 0.2) is 0 Å². The van der Waals surface area contributed by atoms with Crippen molar-refractivity contribution < 1.29 is 9.90 Å². The Morgan fingerprint density at radius 2 is 2.24 bits per heavy atom. The zero-order valence-corrected chi connectivity index (χ0v) is 10.5. The van der Waals surface area contributed by atoms with Gasteiger partial charge < -0.3 is 10.4 Å². The number of nitrogens with one attached hydrogen (secondary N) is 2. The highest BCUT2D eigenvalue weighted by Crippen LogP contribution is 2.02. The summed E-state index contributed by atoms with van der Waals surface area (Å²) in [6.07, 6.45) is 1.72. The number of H-pyrrole nitrogens is 1. The highest BCUT2D eigenvalue weighted by Gasteiger charge is 2.19. The number of aromatic amines is 1. The molecule has 0 bridgehead atoms. The van der Waals surface area contributed by atoms with E-state index in [1.54, 1.807) is 0 Å². The van der Waals surface area contributed by atoms with E-state index in [9.17, 15) is 4.79 Å². The zero-order valence-electron chi connectivity index (χ0n) is 10.5. The lowest BCUT2D eigenvalue weighted by Crippen LogP contribution is -2.41. The first kappa shape index (κ1) is 13.6. The van der Waals surface area contributed by atoms with E-state index in [0.717, 1.165) is 12.8 Å². The van der Waals surface area contributed by atoms with Gasteiger partial charge in [0.05, 0.1) is 12.6 Å². The Morgan fingerprint density at radius 1 is 1.53 bits per heavy atom. The van der Waals surface area contributed by atoms with Crippen molar-refractivity contribution in [2.45, 2.75) is 39.7 Å². The smallest absolute Gasteiger partial charge is 0.291 e. The molecule has 0 saturated heterocycles. The van der Waals surface area contributed by atoms with Crippen molar-refractivity contribution in [2.24, 2.45) is 5.92 Å². The third kappa shape index (κ3) is 3.81. The average Bonchev–Trinajstić information content (AvgIpc) is 2.74. The van der Waals surface area contributed by atoms with Gasteiger partial charge in [-0.2, -0.15) is 0 Å². The zero-order chi connectivity index (χ0) is 12.8. The molecule has 0 aliphatic heterocycles. The number of hydrogen-bond donors (Lipinski definition) is 3. The second-order valence-electron chi connectivity index (χ2n) is 4.36. The van der Waals surface area contributed by atoms with Gasteiger partial charge in [0, 0.05) is 6.42 Å². The normalized spacial score (nSPS) is 12.8. The van der Waals surface area contributed by atoms with Crippen LogP contribution in [0, 0.1) is 5.92 Å². The fourth-order valence-electron chi connectivity index (χ4n) is 1.40. The predicted octanol–water partition coefficient (Wildman–Crippen LogP) is 0.504. The predicted molar refractivity (Wildman–Crippen MR) is 63.6 cm³/mol. The molecule has 1 rings (SSSR count). The molecule has 6 nitrogen and oxygen atoms in total. The number of aliphatic hydroxyl groups is 1. The summed E-state index contributed by atoms with van der Waals surface area (Å²) in [5.41, 5.74) is 0. The van der Waals surface area contributed by atoms with Crippen molar-refractivity contribution in [2.75, 3.05) is 6.61 Å². The van der Waals surface area contributed by atoms with E-state index in [1.165, 1.54) is 0 Å². The van der Waals surface area contributed by atoms with Gasteiger partial charge >= 0.3 is 0 Å². The summed E-state index contributed by atoms with van der Waals surface area (Å²) < 4.78 is 0. The van der Waals surface area contributed by atoms with Crippen LogP contribution < -0.4 is 5.32 Å². The maximum atomic E-state index is 11.8. The Hall–Kier alpha value is -1.43. The van der Waals surface area contributed by atoms with Gasteiger partial charge in [0.1, 0.15) is 5.82 Å². The second-order valence-corrected chi connectivity index (χ2v) is 4.36. The molecule has 17 heavy (non-hydrogen) atoms. The topological polar surface area (TPSA) is 90.9 Å². The number of aryl methyl sites for hydroxylation is 1. The molecule has 1 atom stereocenters. The molecule has 1 heterocycles. The first-order valence-corrected chi connectivity index (χ1v) is 5.91. The van der Waals surface area contributed by atoms with E-state index in [0.29, 0.717) is 5.82 Å². The van der Waals surface area contributed by atoms with E-state index in [1.807, 2.05) is 20.8 Å². The standard InChI is InChI=1S/C11H20N4O2/c1-4-5-9-13-10(15-14-9)11(17)12-8(6-16)7(2)3/h7-8,16H,4-6H2,1-3H3,(H,12,17)(H,13,14,15). The molecule has 3 N–H and O–H groups in total. The summed E-state index contributed by atoms with van der Waals surface area (Å²) in [6.45, 7) is 5.81. The number of rotatable bonds is 6. The Kier molecular flexibility index (Phi) is 5.09. The Balaban J connectivity index is 2.62. The molecule has 0 saturated carbocycles. The summed E-state index contributed by atoms with van der Waals surface area (Å²) in [6, 6.07) is -0.268. The molecule has 96 valence electrons. The van der Waals surface area contributed by atoms with Gasteiger partial charge in [0.25, 0.3) is 5.91 Å². The van der Waals surface area contributed by atoms with E-state index >= 15 is 0 Å². The molecule has 1 unspecified atom stereocenters. The van der Waals surface area contributed by atoms with Crippen molar-refractivity contribution in [3.8, 4) is 0 Å². The summed E-state index contributed by atoms with van der Waals surface area (Å²) in [5, 5.41) is 18.4. The van der Waals surface area contributed by atoms with Crippen molar-refractivity contribution in [3.05, 3.63) is 11.6 Å². The van der Waals surface area contributed by atoms with E-state index in [-0.39, 0.29) is 30.3 Å². The van der Waals surface area contributed by atoms with Gasteiger partial charge in [-0.3, -0.25) is 9.89 Å². The number of carbonyl (C=O) groups is 1. The average molecular weight is 240 g/mol.